The van der Waals surface area contributed by atoms with Gasteiger partial charge in [0.1, 0.15) is 11.4 Å². The third-order valence-corrected chi connectivity index (χ3v) is 2.83. The highest BCUT2D eigenvalue weighted by atomic mass is 79.9. The van der Waals surface area contributed by atoms with Gasteiger partial charge < -0.3 is 10.5 Å². The number of ether oxygens (including phenoxy) is 1. The predicted molar refractivity (Wildman–Crippen MR) is 62.3 cm³/mol. The fourth-order valence-electron chi connectivity index (χ4n) is 1.22. The van der Waals surface area contributed by atoms with Gasteiger partial charge in [0.15, 0.2) is 0 Å². The highest BCUT2D eigenvalue weighted by molar-refractivity contribution is 9.10. The molecular weight excluding hydrogens is 277 g/mol. The summed E-state index contributed by atoms with van der Waals surface area (Å²) in [6.45, 7) is 3.49. The van der Waals surface area contributed by atoms with Crippen molar-refractivity contribution in [1.29, 1.82) is 0 Å². The van der Waals surface area contributed by atoms with Crippen LogP contribution >= 0.6 is 15.9 Å². The number of carbonyl (C=O) groups excluding carboxylic acids is 1. The first-order chi connectivity index (χ1) is 7.39. The van der Waals surface area contributed by atoms with Crippen LogP contribution in [0.2, 0.25) is 0 Å². The smallest absolute Gasteiger partial charge is 0.330 e. The largest absolute Gasteiger partial charge is 0.464 e. The summed E-state index contributed by atoms with van der Waals surface area (Å²) < 4.78 is 18.2. The molecule has 2 N–H and O–H groups in total. The maximum absolute atomic E-state index is 13.0. The van der Waals surface area contributed by atoms with E-state index in [1.165, 1.54) is 25.1 Å². The van der Waals surface area contributed by atoms with Crippen LogP contribution in [0.25, 0.3) is 0 Å². The number of carbonyl (C=O) groups is 1. The van der Waals surface area contributed by atoms with Gasteiger partial charge in [0.25, 0.3) is 0 Å². The number of hydrogen-bond donors (Lipinski definition) is 1. The highest BCUT2D eigenvalue weighted by Crippen LogP contribution is 2.24. The van der Waals surface area contributed by atoms with Gasteiger partial charge in [-0.15, -0.1) is 0 Å². The summed E-state index contributed by atoms with van der Waals surface area (Å²) in [6, 6.07) is 4.20. The van der Waals surface area contributed by atoms with Crippen molar-refractivity contribution >= 4 is 21.9 Å². The van der Waals surface area contributed by atoms with Gasteiger partial charge in [-0.2, -0.15) is 0 Å². The molecule has 16 heavy (non-hydrogen) atoms. The lowest BCUT2D eigenvalue weighted by molar-refractivity contribution is -0.149. The molecule has 0 aromatic heterocycles. The van der Waals surface area contributed by atoms with E-state index in [1.54, 1.807) is 6.92 Å². The van der Waals surface area contributed by atoms with E-state index in [0.29, 0.717) is 5.56 Å². The molecule has 0 aliphatic carbocycles. The summed E-state index contributed by atoms with van der Waals surface area (Å²) in [5, 5.41) is 0. The minimum absolute atomic E-state index is 0.258. The van der Waals surface area contributed by atoms with Crippen molar-refractivity contribution in [2.45, 2.75) is 19.4 Å². The molecule has 0 aliphatic heterocycles. The van der Waals surface area contributed by atoms with Crippen LogP contribution in [0.5, 0.6) is 0 Å². The highest BCUT2D eigenvalue weighted by Gasteiger charge is 2.32. The van der Waals surface area contributed by atoms with Crippen LogP contribution in [0.3, 0.4) is 0 Å². The Kier molecular flexibility index (Phi) is 4.04. The van der Waals surface area contributed by atoms with Crippen LogP contribution in [0, 0.1) is 5.82 Å². The second-order valence-electron chi connectivity index (χ2n) is 3.55. The van der Waals surface area contributed by atoms with E-state index < -0.39 is 17.3 Å². The minimum atomic E-state index is -1.27. The second-order valence-corrected chi connectivity index (χ2v) is 4.41. The molecule has 1 aromatic rings. The van der Waals surface area contributed by atoms with E-state index in [1.807, 2.05) is 0 Å². The first-order valence-corrected chi connectivity index (χ1v) is 5.60. The van der Waals surface area contributed by atoms with Crippen LogP contribution in [-0.4, -0.2) is 12.6 Å². The van der Waals surface area contributed by atoms with Gasteiger partial charge in [-0.3, -0.25) is 0 Å². The van der Waals surface area contributed by atoms with E-state index in [-0.39, 0.29) is 11.1 Å². The van der Waals surface area contributed by atoms with Crippen molar-refractivity contribution in [3.05, 3.63) is 34.1 Å². The van der Waals surface area contributed by atoms with E-state index in [0.717, 1.165) is 0 Å². The summed E-state index contributed by atoms with van der Waals surface area (Å²) in [6.07, 6.45) is 0. The topological polar surface area (TPSA) is 52.3 Å². The lowest BCUT2D eigenvalue weighted by Crippen LogP contribution is -2.43. The Morgan fingerprint density at radius 2 is 2.25 bits per heavy atom. The third-order valence-electron chi connectivity index (χ3n) is 2.22. The Balaban J connectivity index is 3.06. The summed E-state index contributed by atoms with van der Waals surface area (Å²) >= 11 is 3.04. The van der Waals surface area contributed by atoms with Crippen LogP contribution in [0.4, 0.5) is 4.39 Å². The van der Waals surface area contributed by atoms with E-state index >= 15 is 0 Å². The van der Waals surface area contributed by atoms with Gasteiger partial charge in [0.05, 0.1) is 11.1 Å². The first-order valence-electron chi connectivity index (χ1n) is 4.81. The standard InChI is InChI=1S/C11H13BrFNO2/c1-3-16-10(15)11(2,14)7-4-5-9(13)8(12)6-7/h4-6H,3,14H2,1-2H3. The summed E-state index contributed by atoms with van der Waals surface area (Å²) in [5.41, 5.74) is 5.10. The molecule has 1 rings (SSSR count). The lowest BCUT2D eigenvalue weighted by Gasteiger charge is -2.22. The fourth-order valence-corrected chi connectivity index (χ4v) is 1.60. The second kappa shape index (κ2) is 4.93. The molecule has 3 nitrogen and oxygen atoms in total. The molecule has 5 heteroatoms. The Morgan fingerprint density at radius 3 is 2.75 bits per heavy atom. The van der Waals surface area contributed by atoms with Crippen LogP contribution in [-0.2, 0) is 15.1 Å². The van der Waals surface area contributed by atoms with Crippen LogP contribution in [0.15, 0.2) is 22.7 Å². The molecule has 0 amide bonds. The molecule has 0 aliphatic rings. The molecule has 0 saturated carbocycles. The number of esters is 1. The molecule has 88 valence electrons. The van der Waals surface area contributed by atoms with Crippen molar-refractivity contribution in [2.24, 2.45) is 5.73 Å². The van der Waals surface area contributed by atoms with Crippen molar-refractivity contribution in [3.8, 4) is 0 Å². The van der Waals surface area contributed by atoms with Crippen molar-refractivity contribution < 1.29 is 13.9 Å². The van der Waals surface area contributed by atoms with Gasteiger partial charge >= 0.3 is 5.97 Å². The predicted octanol–water partition coefficient (Wildman–Crippen LogP) is 2.33. The van der Waals surface area contributed by atoms with Crippen LogP contribution < -0.4 is 5.73 Å². The molecule has 0 fully saturated rings. The van der Waals surface area contributed by atoms with E-state index in [2.05, 4.69) is 15.9 Å². The maximum atomic E-state index is 13.0. The summed E-state index contributed by atoms with van der Waals surface area (Å²) in [4.78, 5) is 11.6. The number of hydrogen-bond acceptors (Lipinski definition) is 3. The molecule has 0 bridgehead atoms. The fraction of sp³-hybridized carbons (Fsp3) is 0.364. The minimum Gasteiger partial charge on any atom is -0.464 e. The van der Waals surface area contributed by atoms with Gasteiger partial charge in [-0.05, 0) is 47.5 Å². The Labute approximate surface area is 102 Å². The van der Waals surface area contributed by atoms with Gasteiger partial charge in [-0.25, -0.2) is 9.18 Å². The van der Waals surface area contributed by atoms with Crippen LogP contribution in [0.1, 0.15) is 19.4 Å². The molecule has 0 saturated heterocycles. The molecule has 0 radical (unpaired) electrons. The number of rotatable bonds is 3. The molecule has 1 unspecified atom stereocenters. The van der Waals surface area contributed by atoms with Crippen molar-refractivity contribution in [1.82, 2.24) is 0 Å². The molecule has 1 aromatic carbocycles. The molecular formula is C11H13BrFNO2. The quantitative estimate of drug-likeness (QED) is 0.869. The van der Waals surface area contributed by atoms with Gasteiger partial charge in [0, 0.05) is 0 Å². The monoisotopic (exact) mass is 289 g/mol. The normalized spacial score (nSPS) is 14.3. The van der Waals surface area contributed by atoms with Gasteiger partial charge in [0.2, 0.25) is 0 Å². The third kappa shape index (κ3) is 2.59. The zero-order chi connectivity index (χ0) is 12.3. The van der Waals surface area contributed by atoms with Gasteiger partial charge in [-0.1, -0.05) is 6.07 Å². The zero-order valence-electron chi connectivity index (χ0n) is 9.09. The summed E-state index contributed by atoms with van der Waals surface area (Å²) in [7, 11) is 0. The Morgan fingerprint density at radius 1 is 1.62 bits per heavy atom. The SMILES string of the molecule is CCOC(=O)C(C)(N)c1ccc(F)c(Br)c1. The van der Waals surface area contributed by atoms with E-state index in [9.17, 15) is 9.18 Å². The number of benzene rings is 1. The Bertz CT molecular complexity index is 407. The lowest BCUT2D eigenvalue weighted by atomic mass is 9.93. The maximum Gasteiger partial charge on any atom is 0.330 e. The average molecular weight is 290 g/mol. The molecule has 0 spiro atoms. The first kappa shape index (κ1) is 13.1. The van der Waals surface area contributed by atoms with Crippen molar-refractivity contribution in [2.75, 3.05) is 6.61 Å². The summed E-state index contributed by atoms with van der Waals surface area (Å²) in [5.74, 6) is -0.933. The zero-order valence-corrected chi connectivity index (χ0v) is 10.7. The molecule has 1 atom stereocenters. The average Bonchev–Trinajstić information content (AvgIpc) is 2.22. The Hall–Kier alpha value is -0.940. The van der Waals surface area contributed by atoms with E-state index in [4.69, 9.17) is 10.5 Å². The van der Waals surface area contributed by atoms with Crippen molar-refractivity contribution in [3.63, 3.8) is 0 Å². The molecule has 0 heterocycles. The number of nitrogens with two attached hydrogens (primary N) is 1. The number of halogens is 2.